The number of halogens is 1. The highest BCUT2D eigenvalue weighted by molar-refractivity contribution is 6.29. The molecule has 1 aliphatic rings. The minimum Gasteiger partial charge on any atom is -0.347 e. The summed E-state index contributed by atoms with van der Waals surface area (Å²) in [5, 5.41) is 3.40. The molecule has 0 unspecified atom stereocenters. The lowest BCUT2D eigenvalue weighted by molar-refractivity contribution is 0.0850. The number of nitrogens with one attached hydrogen (secondary N) is 1. The molecular formula is C12H15ClN2O. The fourth-order valence-electron chi connectivity index (χ4n) is 1.94. The van der Waals surface area contributed by atoms with Gasteiger partial charge in [-0.15, -0.1) is 0 Å². The van der Waals surface area contributed by atoms with E-state index in [1.54, 1.807) is 12.1 Å². The molecule has 1 heterocycles. The number of aryl methyl sites for hydroxylation is 1. The van der Waals surface area contributed by atoms with Crippen LogP contribution in [0.2, 0.25) is 5.15 Å². The van der Waals surface area contributed by atoms with Gasteiger partial charge < -0.3 is 5.32 Å². The number of pyridine rings is 1. The zero-order valence-electron chi connectivity index (χ0n) is 9.51. The quantitative estimate of drug-likeness (QED) is 0.805. The number of carbonyl (C=O) groups is 1. The highest BCUT2D eigenvalue weighted by Gasteiger charge is 2.33. The van der Waals surface area contributed by atoms with Crippen LogP contribution in [0.1, 0.15) is 42.2 Å². The van der Waals surface area contributed by atoms with E-state index in [4.69, 9.17) is 11.6 Å². The third kappa shape index (κ3) is 2.35. The van der Waals surface area contributed by atoms with E-state index >= 15 is 0 Å². The van der Waals surface area contributed by atoms with Crippen molar-refractivity contribution in [3.05, 3.63) is 28.5 Å². The second kappa shape index (κ2) is 4.06. The molecule has 1 saturated carbocycles. The molecule has 0 radical (unpaired) electrons. The van der Waals surface area contributed by atoms with Gasteiger partial charge in [0.25, 0.3) is 5.91 Å². The Morgan fingerprint density at radius 2 is 2.19 bits per heavy atom. The van der Waals surface area contributed by atoms with E-state index < -0.39 is 0 Å². The monoisotopic (exact) mass is 238 g/mol. The Morgan fingerprint density at radius 1 is 1.50 bits per heavy atom. The molecule has 1 fully saturated rings. The minimum absolute atomic E-state index is 0.0270. The molecule has 1 aliphatic carbocycles. The Labute approximate surface area is 100 Å². The molecule has 86 valence electrons. The first-order valence-electron chi connectivity index (χ1n) is 5.45. The van der Waals surface area contributed by atoms with Crippen molar-refractivity contribution in [3.8, 4) is 0 Å². The smallest absolute Gasteiger partial charge is 0.251 e. The molecule has 0 atom stereocenters. The third-order valence-corrected chi connectivity index (χ3v) is 3.25. The highest BCUT2D eigenvalue weighted by atomic mass is 35.5. The van der Waals surface area contributed by atoms with Crippen LogP contribution in [0.4, 0.5) is 0 Å². The first-order valence-corrected chi connectivity index (χ1v) is 5.83. The van der Waals surface area contributed by atoms with Crippen molar-refractivity contribution in [2.24, 2.45) is 0 Å². The fraction of sp³-hybridized carbons (Fsp3) is 0.500. The van der Waals surface area contributed by atoms with Crippen molar-refractivity contribution in [2.45, 2.75) is 38.6 Å². The zero-order valence-corrected chi connectivity index (χ0v) is 10.3. The van der Waals surface area contributed by atoms with Crippen LogP contribution in [0.3, 0.4) is 0 Å². The first-order chi connectivity index (χ1) is 7.48. The molecule has 0 spiro atoms. The van der Waals surface area contributed by atoms with Crippen LogP contribution in [0.25, 0.3) is 0 Å². The van der Waals surface area contributed by atoms with E-state index in [1.165, 1.54) is 6.42 Å². The zero-order chi connectivity index (χ0) is 11.8. The molecular weight excluding hydrogens is 224 g/mol. The van der Waals surface area contributed by atoms with Crippen LogP contribution in [0.5, 0.6) is 0 Å². The van der Waals surface area contributed by atoms with Gasteiger partial charge in [0.15, 0.2) is 0 Å². The highest BCUT2D eigenvalue weighted by Crippen LogP contribution is 2.31. The molecule has 1 N–H and O–H groups in total. The molecule has 4 heteroatoms. The average molecular weight is 239 g/mol. The normalized spacial score (nSPS) is 17.7. The summed E-state index contributed by atoms with van der Waals surface area (Å²) in [5.74, 6) is -0.0606. The number of amides is 1. The Balaban J connectivity index is 2.14. The molecule has 0 aliphatic heterocycles. The maximum atomic E-state index is 12.0. The van der Waals surface area contributed by atoms with Gasteiger partial charge in [-0.1, -0.05) is 11.6 Å². The lowest BCUT2D eigenvalue weighted by Crippen LogP contribution is -2.50. The molecule has 0 bridgehead atoms. The van der Waals surface area contributed by atoms with E-state index in [-0.39, 0.29) is 11.4 Å². The Hall–Kier alpha value is -1.09. The summed E-state index contributed by atoms with van der Waals surface area (Å²) in [5.41, 5.74) is 1.32. The Kier molecular flexibility index (Phi) is 2.89. The maximum absolute atomic E-state index is 12.0. The number of hydrogen-bond acceptors (Lipinski definition) is 2. The lowest BCUT2D eigenvalue weighted by Gasteiger charge is -2.39. The van der Waals surface area contributed by atoms with Crippen molar-refractivity contribution in [1.29, 1.82) is 0 Å². The van der Waals surface area contributed by atoms with E-state index in [0.29, 0.717) is 10.7 Å². The number of carbonyl (C=O) groups excluding carboxylic acids is 1. The van der Waals surface area contributed by atoms with Gasteiger partial charge in [-0.05, 0) is 45.2 Å². The summed E-state index contributed by atoms with van der Waals surface area (Å²) in [4.78, 5) is 16.0. The topological polar surface area (TPSA) is 42.0 Å². The molecule has 16 heavy (non-hydrogen) atoms. The van der Waals surface area contributed by atoms with Crippen LogP contribution in [0.15, 0.2) is 12.1 Å². The molecule has 0 saturated heterocycles. The minimum atomic E-state index is -0.0606. The Morgan fingerprint density at radius 3 is 2.69 bits per heavy atom. The van der Waals surface area contributed by atoms with Crippen LogP contribution in [-0.4, -0.2) is 16.4 Å². The van der Waals surface area contributed by atoms with Gasteiger partial charge in [0.1, 0.15) is 5.15 Å². The van der Waals surface area contributed by atoms with Crippen molar-refractivity contribution >= 4 is 17.5 Å². The number of nitrogens with zero attached hydrogens (tertiary/aromatic N) is 1. The standard InChI is InChI=1S/C12H15ClN2O/c1-8-6-9(7-10(13)14-8)11(16)15-12(2)4-3-5-12/h6-7H,3-5H2,1-2H3,(H,15,16). The van der Waals surface area contributed by atoms with Gasteiger partial charge in [0.05, 0.1) is 0 Å². The molecule has 2 rings (SSSR count). The van der Waals surface area contributed by atoms with E-state index in [9.17, 15) is 4.79 Å². The summed E-state index contributed by atoms with van der Waals surface area (Å²) in [6, 6.07) is 3.36. The molecule has 1 amide bonds. The number of rotatable bonds is 2. The second-order valence-electron chi connectivity index (χ2n) is 4.69. The van der Waals surface area contributed by atoms with Gasteiger partial charge in [-0.2, -0.15) is 0 Å². The van der Waals surface area contributed by atoms with Crippen molar-refractivity contribution in [2.75, 3.05) is 0 Å². The van der Waals surface area contributed by atoms with Crippen molar-refractivity contribution in [1.82, 2.24) is 10.3 Å². The van der Waals surface area contributed by atoms with Gasteiger partial charge in [0.2, 0.25) is 0 Å². The van der Waals surface area contributed by atoms with E-state index in [0.717, 1.165) is 18.5 Å². The number of aromatic nitrogens is 1. The summed E-state index contributed by atoms with van der Waals surface area (Å²) in [6.07, 6.45) is 3.29. The SMILES string of the molecule is Cc1cc(C(=O)NC2(C)CCC2)cc(Cl)n1. The fourth-order valence-corrected chi connectivity index (χ4v) is 2.19. The van der Waals surface area contributed by atoms with Crippen LogP contribution in [-0.2, 0) is 0 Å². The van der Waals surface area contributed by atoms with Gasteiger partial charge in [0, 0.05) is 16.8 Å². The van der Waals surface area contributed by atoms with Gasteiger partial charge in [-0.25, -0.2) is 4.98 Å². The molecule has 3 nitrogen and oxygen atoms in total. The van der Waals surface area contributed by atoms with E-state index in [2.05, 4.69) is 17.2 Å². The van der Waals surface area contributed by atoms with E-state index in [1.807, 2.05) is 6.92 Å². The van der Waals surface area contributed by atoms with Crippen LogP contribution in [0, 0.1) is 6.92 Å². The summed E-state index contributed by atoms with van der Waals surface area (Å²) < 4.78 is 0. The van der Waals surface area contributed by atoms with Crippen LogP contribution >= 0.6 is 11.6 Å². The van der Waals surface area contributed by atoms with Crippen molar-refractivity contribution in [3.63, 3.8) is 0 Å². The third-order valence-electron chi connectivity index (χ3n) is 3.06. The largest absolute Gasteiger partial charge is 0.347 e. The van der Waals surface area contributed by atoms with Crippen LogP contribution < -0.4 is 5.32 Å². The predicted molar refractivity (Wildman–Crippen MR) is 63.7 cm³/mol. The number of hydrogen-bond donors (Lipinski definition) is 1. The molecule has 1 aromatic rings. The lowest BCUT2D eigenvalue weighted by atomic mass is 9.78. The maximum Gasteiger partial charge on any atom is 0.251 e. The molecule has 1 aromatic heterocycles. The summed E-state index contributed by atoms with van der Waals surface area (Å²) in [6.45, 7) is 3.90. The average Bonchev–Trinajstić information content (AvgIpc) is 2.13. The molecule has 0 aromatic carbocycles. The Bertz CT molecular complexity index is 407. The van der Waals surface area contributed by atoms with Gasteiger partial charge >= 0.3 is 0 Å². The predicted octanol–water partition coefficient (Wildman–Crippen LogP) is 2.72. The van der Waals surface area contributed by atoms with Crippen molar-refractivity contribution < 1.29 is 4.79 Å². The first kappa shape index (κ1) is 11.4. The second-order valence-corrected chi connectivity index (χ2v) is 5.08. The summed E-state index contributed by atoms with van der Waals surface area (Å²) in [7, 11) is 0. The summed E-state index contributed by atoms with van der Waals surface area (Å²) >= 11 is 5.82. The van der Waals surface area contributed by atoms with Gasteiger partial charge in [-0.3, -0.25) is 4.79 Å².